The Kier molecular flexibility index (Phi) is 3.51. The predicted molar refractivity (Wildman–Crippen MR) is 88.6 cm³/mol. The lowest BCUT2D eigenvalue weighted by atomic mass is 10.2. The molecular formula is C16H11N3O4S. The van der Waals surface area contributed by atoms with E-state index >= 15 is 0 Å². The number of carboxylic acid groups (broad SMARTS) is 1. The van der Waals surface area contributed by atoms with E-state index in [-0.39, 0.29) is 6.54 Å². The van der Waals surface area contributed by atoms with E-state index in [1.807, 2.05) is 18.2 Å². The van der Waals surface area contributed by atoms with Gasteiger partial charge in [0.2, 0.25) is 0 Å². The molecule has 7 nitrogen and oxygen atoms in total. The maximum absolute atomic E-state index is 10.6. The van der Waals surface area contributed by atoms with Crippen molar-refractivity contribution < 1.29 is 19.1 Å². The highest BCUT2D eigenvalue weighted by molar-refractivity contribution is 7.20. The number of amides is 1. The van der Waals surface area contributed by atoms with Crippen molar-refractivity contribution in [1.29, 1.82) is 0 Å². The van der Waals surface area contributed by atoms with E-state index in [4.69, 9.17) is 14.3 Å². The molecule has 0 aliphatic heterocycles. The Morgan fingerprint density at radius 3 is 3.12 bits per heavy atom. The van der Waals surface area contributed by atoms with E-state index in [9.17, 15) is 4.79 Å². The number of pyridine rings is 1. The van der Waals surface area contributed by atoms with Crippen molar-refractivity contribution in [2.45, 2.75) is 6.54 Å². The Bertz CT molecular complexity index is 1010. The summed E-state index contributed by atoms with van der Waals surface area (Å²) in [4.78, 5) is 19.1. The number of hydrogen-bond acceptors (Lipinski definition) is 6. The fraction of sp³-hybridized carbons (Fsp3) is 0.0625. The van der Waals surface area contributed by atoms with Crippen molar-refractivity contribution in [3.8, 4) is 10.9 Å². The number of nitrogens with one attached hydrogen (secondary N) is 1. The highest BCUT2D eigenvalue weighted by Crippen LogP contribution is 2.32. The summed E-state index contributed by atoms with van der Waals surface area (Å²) in [5.41, 5.74) is 2.04. The van der Waals surface area contributed by atoms with Crippen molar-refractivity contribution in [3.05, 3.63) is 48.4 Å². The second-order valence-corrected chi connectivity index (χ2v) is 5.98. The summed E-state index contributed by atoms with van der Waals surface area (Å²) in [5.74, 6) is 0.591. The first kappa shape index (κ1) is 14.5. The zero-order valence-electron chi connectivity index (χ0n) is 12.2. The summed E-state index contributed by atoms with van der Waals surface area (Å²) in [6.07, 6.45) is 2.15. The van der Waals surface area contributed by atoms with Crippen LogP contribution in [0.3, 0.4) is 0 Å². The van der Waals surface area contributed by atoms with Gasteiger partial charge < -0.3 is 19.6 Å². The molecule has 3 heterocycles. The average Bonchev–Trinajstić information content (AvgIpc) is 3.15. The van der Waals surface area contributed by atoms with Crippen molar-refractivity contribution in [1.82, 2.24) is 15.3 Å². The van der Waals surface area contributed by atoms with Crippen LogP contribution in [-0.4, -0.2) is 21.2 Å². The molecule has 0 radical (unpaired) electrons. The molecule has 4 aromatic rings. The molecule has 0 saturated carbocycles. The quantitative estimate of drug-likeness (QED) is 0.582. The Labute approximate surface area is 139 Å². The van der Waals surface area contributed by atoms with Gasteiger partial charge in [0.1, 0.15) is 11.3 Å². The first-order valence-electron chi connectivity index (χ1n) is 7.05. The van der Waals surface area contributed by atoms with Crippen LogP contribution in [0.2, 0.25) is 0 Å². The number of aromatic nitrogens is 2. The number of benzene rings is 1. The third kappa shape index (κ3) is 2.74. The summed E-state index contributed by atoms with van der Waals surface area (Å²) in [6, 6.07) is 9.16. The lowest BCUT2D eigenvalue weighted by Gasteiger charge is -2.02. The van der Waals surface area contributed by atoms with Gasteiger partial charge in [0.15, 0.2) is 5.65 Å². The fourth-order valence-corrected chi connectivity index (χ4v) is 3.12. The first-order chi connectivity index (χ1) is 11.7. The fourth-order valence-electron chi connectivity index (χ4n) is 2.33. The van der Waals surface area contributed by atoms with Gasteiger partial charge in [-0.3, -0.25) is 0 Å². The number of furan rings is 1. The van der Waals surface area contributed by atoms with E-state index in [0.29, 0.717) is 22.2 Å². The molecule has 2 N–H and O–H groups in total. The van der Waals surface area contributed by atoms with Crippen LogP contribution < -0.4 is 10.1 Å². The van der Waals surface area contributed by atoms with E-state index in [1.165, 1.54) is 17.6 Å². The minimum atomic E-state index is -1.08. The van der Waals surface area contributed by atoms with Gasteiger partial charge in [0.05, 0.1) is 11.0 Å². The van der Waals surface area contributed by atoms with Crippen LogP contribution in [-0.2, 0) is 6.54 Å². The molecule has 3 aromatic heterocycles. The number of fused-ring (bicyclic) bond motifs is 2. The molecule has 0 atom stereocenters. The minimum absolute atomic E-state index is 0.187. The highest BCUT2D eigenvalue weighted by atomic mass is 32.1. The van der Waals surface area contributed by atoms with Gasteiger partial charge in [-0.25, -0.2) is 9.78 Å². The second-order valence-electron chi connectivity index (χ2n) is 4.98. The predicted octanol–water partition coefficient (Wildman–Crippen LogP) is 4.00. The normalized spacial score (nSPS) is 11.0. The Morgan fingerprint density at radius 2 is 2.29 bits per heavy atom. The number of thiazole rings is 1. The number of carbonyl (C=O) groups is 1. The average molecular weight is 341 g/mol. The van der Waals surface area contributed by atoms with Gasteiger partial charge in [0, 0.05) is 29.8 Å². The van der Waals surface area contributed by atoms with Gasteiger partial charge in [-0.1, -0.05) is 11.3 Å². The van der Waals surface area contributed by atoms with Gasteiger partial charge >= 0.3 is 6.09 Å². The third-order valence-electron chi connectivity index (χ3n) is 3.41. The molecule has 0 unspecified atom stereocenters. The Balaban J connectivity index is 1.59. The van der Waals surface area contributed by atoms with Crippen molar-refractivity contribution >= 4 is 38.7 Å². The molecule has 0 saturated heterocycles. The second kappa shape index (κ2) is 5.82. The van der Waals surface area contributed by atoms with Gasteiger partial charge in [-0.05, 0) is 24.3 Å². The molecular weight excluding hydrogens is 330 g/mol. The van der Waals surface area contributed by atoms with Gasteiger partial charge in [-0.2, -0.15) is 4.98 Å². The smallest absolute Gasteiger partial charge is 0.404 e. The molecule has 0 bridgehead atoms. The van der Waals surface area contributed by atoms with E-state index in [1.54, 1.807) is 18.3 Å². The van der Waals surface area contributed by atoms with Crippen molar-refractivity contribution in [2.24, 2.45) is 0 Å². The lowest BCUT2D eigenvalue weighted by Crippen LogP contribution is -2.19. The van der Waals surface area contributed by atoms with Crippen LogP contribution in [0.1, 0.15) is 5.56 Å². The van der Waals surface area contributed by atoms with Crippen LogP contribution in [0.25, 0.3) is 21.3 Å². The molecule has 24 heavy (non-hydrogen) atoms. The number of hydrogen-bond donors (Lipinski definition) is 2. The minimum Gasteiger partial charge on any atom is -0.465 e. The van der Waals surface area contributed by atoms with E-state index in [0.717, 1.165) is 15.6 Å². The maximum atomic E-state index is 10.6. The summed E-state index contributed by atoms with van der Waals surface area (Å²) in [5, 5.41) is 12.3. The summed E-state index contributed by atoms with van der Waals surface area (Å²) >= 11 is 1.41. The third-order valence-corrected chi connectivity index (χ3v) is 4.30. The Hall–Kier alpha value is -3.13. The standard InChI is InChI=1S/C16H11N3O4S/c20-15(21)18-7-9-8-22-12-6-10(3-4-11(9)12)23-16-19-14-13(24-16)2-1-5-17-14/h1-6,8,18H,7H2,(H,20,21). The summed E-state index contributed by atoms with van der Waals surface area (Å²) in [7, 11) is 0. The van der Waals surface area contributed by atoms with Gasteiger partial charge in [0.25, 0.3) is 5.19 Å². The van der Waals surface area contributed by atoms with Gasteiger partial charge in [-0.15, -0.1) is 0 Å². The van der Waals surface area contributed by atoms with Crippen LogP contribution in [0.4, 0.5) is 4.79 Å². The maximum Gasteiger partial charge on any atom is 0.404 e. The Morgan fingerprint density at radius 1 is 1.38 bits per heavy atom. The van der Waals surface area contributed by atoms with Crippen LogP contribution in [0, 0.1) is 0 Å². The van der Waals surface area contributed by atoms with E-state index in [2.05, 4.69) is 15.3 Å². The topological polar surface area (TPSA) is 97.5 Å². The van der Waals surface area contributed by atoms with E-state index < -0.39 is 6.09 Å². The lowest BCUT2D eigenvalue weighted by molar-refractivity contribution is 0.194. The number of ether oxygens (including phenoxy) is 1. The van der Waals surface area contributed by atoms with Crippen LogP contribution in [0.15, 0.2) is 47.2 Å². The zero-order valence-corrected chi connectivity index (χ0v) is 13.0. The monoisotopic (exact) mass is 341 g/mol. The summed E-state index contributed by atoms with van der Waals surface area (Å²) in [6.45, 7) is 0.187. The van der Waals surface area contributed by atoms with Crippen LogP contribution >= 0.6 is 11.3 Å². The molecule has 0 aliphatic carbocycles. The highest BCUT2D eigenvalue weighted by Gasteiger charge is 2.10. The van der Waals surface area contributed by atoms with Crippen LogP contribution in [0.5, 0.6) is 10.9 Å². The molecule has 0 spiro atoms. The summed E-state index contributed by atoms with van der Waals surface area (Å²) < 4.78 is 12.2. The van der Waals surface area contributed by atoms with Crippen molar-refractivity contribution in [3.63, 3.8) is 0 Å². The molecule has 0 aliphatic rings. The molecule has 1 amide bonds. The first-order valence-corrected chi connectivity index (χ1v) is 7.87. The zero-order chi connectivity index (χ0) is 16.5. The molecule has 4 rings (SSSR count). The number of nitrogens with zero attached hydrogens (tertiary/aromatic N) is 2. The largest absolute Gasteiger partial charge is 0.465 e. The SMILES string of the molecule is O=C(O)NCc1coc2cc(Oc3nc4ncccc4s3)ccc12. The molecule has 120 valence electrons. The number of rotatable bonds is 4. The van der Waals surface area contributed by atoms with Crippen molar-refractivity contribution in [2.75, 3.05) is 0 Å². The molecule has 0 fully saturated rings. The molecule has 1 aromatic carbocycles. The molecule has 8 heteroatoms.